The first-order valence-electron chi connectivity index (χ1n) is 9.47. The zero-order valence-corrected chi connectivity index (χ0v) is 20.2. The van der Waals surface area contributed by atoms with Gasteiger partial charge < -0.3 is 14.6 Å². The maximum atomic E-state index is 11.8. The SMILES string of the molecule is CCc1nc(S/C(=C\c2cc(I)c(OCc3ccccc3C#N)c(OC)c2)C(=O)O)n[nH]1. The molecule has 2 aromatic carbocycles. The lowest BCUT2D eigenvalue weighted by Crippen LogP contribution is -2.02. The number of carboxylic acid groups (broad SMARTS) is 1. The number of H-pyrrole nitrogens is 1. The second-order valence-electron chi connectivity index (χ2n) is 6.43. The van der Waals surface area contributed by atoms with E-state index in [9.17, 15) is 15.2 Å². The maximum Gasteiger partial charge on any atom is 0.342 e. The number of nitriles is 1. The predicted octanol–water partition coefficient (Wildman–Crippen LogP) is 4.65. The van der Waals surface area contributed by atoms with Gasteiger partial charge in [-0.05, 0) is 64.2 Å². The van der Waals surface area contributed by atoms with Gasteiger partial charge in [-0.3, -0.25) is 5.10 Å². The summed E-state index contributed by atoms with van der Waals surface area (Å²) in [5.74, 6) is 0.579. The summed E-state index contributed by atoms with van der Waals surface area (Å²) in [6.45, 7) is 2.13. The quantitative estimate of drug-likeness (QED) is 0.220. The number of aryl methyl sites for hydroxylation is 1. The van der Waals surface area contributed by atoms with Crippen LogP contribution in [0.15, 0.2) is 46.5 Å². The van der Waals surface area contributed by atoms with Crippen molar-refractivity contribution in [3.05, 3.63) is 67.4 Å². The number of hydrogen-bond acceptors (Lipinski definition) is 7. The topological polar surface area (TPSA) is 121 Å². The molecule has 0 saturated carbocycles. The van der Waals surface area contributed by atoms with Gasteiger partial charge in [-0.2, -0.15) is 5.26 Å². The lowest BCUT2D eigenvalue weighted by atomic mass is 10.1. The van der Waals surface area contributed by atoms with E-state index in [0.717, 1.165) is 20.9 Å². The minimum Gasteiger partial charge on any atom is -0.493 e. The van der Waals surface area contributed by atoms with Gasteiger partial charge in [0.25, 0.3) is 0 Å². The van der Waals surface area contributed by atoms with Crippen LogP contribution in [-0.4, -0.2) is 33.4 Å². The first-order valence-corrected chi connectivity index (χ1v) is 11.4. The van der Waals surface area contributed by atoms with Crippen LogP contribution in [-0.2, 0) is 17.8 Å². The van der Waals surface area contributed by atoms with Crippen LogP contribution in [0.3, 0.4) is 0 Å². The number of nitrogens with zero attached hydrogens (tertiary/aromatic N) is 3. The van der Waals surface area contributed by atoms with Crippen LogP contribution in [0.2, 0.25) is 0 Å². The van der Waals surface area contributed by atoms with Crippen LogP contribution in [0.5, 0.6) is 11.5 Å². The minimum absolute atomic E-state index is 0.0705. The molecule has 0 aliphatic rings. The first kappa shape index (κ1) is 23.6. The average Bonchev–Trinajstić information content (AvgIpc) is 3.25. The third kappa shape index (κ3) is 5.80. The van der Waals surface area contributed by atoms with Gasteiger partial charge in [-0.1, -0.05) is 25.1 Å². The Kier molecular flexibility index (Phi) is 8.13. The van der Waals surface area contributed by atoms with E-state index < -0.39 is 5.97 Å². The Labute approximate surface area is 202 Å². The summed E-state index contributed by atoms with van der Waals surface area (Å²) in [7, 11) is 1.52. The van der Waals surface area contributed by atoms with Crippen LogP contribution in [0.4, 0.5) is 0 Å². The number of nitrogens with one attached hydrogen (secondary N) is 1. The number of thioether (sulfide) groups is 1. The number of carboxylic acids is 1. The Morgan fingerprint density at radius 2 is 2.16 bits per heavy atom. The third-order valence-electron chi connectivity index (χ3n) is 4.32. The fraction of sp³-hybridized carbons (Fsp3) is 0.182. The highest BCUT2D eigenvalue weighted by Crippen LogP contribution is 2.36. The van der Waals surface area contributed by atoms with Gasteiger partial charge in [0.2, 0.25) is 5.16 Å². The molecule has 3 rings (SSSR count). The van der Waals surface area contributed by atoms with Gasteiger partial charge in [-0.25, -0.2) is 9.78 Å². The molecule has 0 radical (unpaired) electrons. The molecule has 0 amide bonds. The molecule has 10 heteroatoms. The van der Waals surface area contributed by atoms with Crippen molar-refractivity contribution >= 4 is 46.4 Å². The second-order valence-corrected chi connectivity index (χ2v) is 8.60. The number of carbonyl (C=O) groups is 1. The molecule has 3 aromatic rings. The molecule has 32 heavy (non-hydrogen) atoms. The van der Waals surface area contributed by atoms with E-state index in [1.165, 1.54) is 13.2 Å². The van der Waals surface area contributed by atoms with Crippen molar-refractivity contribution in [2.24, 2.45) is 0 Å². The fourth-order valence-corrected chi connectivity index (χ4v) is 4.24. The summed E-state index contributed by atoms with van der Waals surface area (Å²) in [5.41, 5.74) is 1.94. The van der Waals surface area contributed by atoms with Crippen molar-refractivity contribution in [1.29, 1.82) is 5.26 Å². The fourth-order valence-electron chi connectivity index (χ4n) is 2.73. The summed E-state index contributed by atoms with van der Waals surface area (Å²) < 4.78 is 12.2. The smallest absolute Gasteiger partial charge is 0.342 e. The normalized spacial score (nSPS) is 11.1. The number of methoxy groups -OCH3 is 1. The standard InChI is InChI=1S/C22H19IN4O4S/c1-3-19-25-22(27-26-19)32-18(21(28)29)10-13-8-16(23)20(17(9-13)30-2)31-12-15-7-5-4-6-14(15)11-24/h4-10H,3,12H2,1-2H3,(H,28,29)(H,25,26,27)/b18-10-. The monoisotopic (exact) mass is 562 g/mol. The second kappa shape index (κ2) is 11.0. The molecule has 164 valence electrons. The van der Waals surface area contributed by atoms with Crippen LogP contribution in [0, 0.1) is 14.9 Å². The number of hydrogen-bond donors (Lipinski definition) is 2. The van der Waals surface area contributed by atoms with E-state index in [4.69, 9.17) is 9.47 Å². The lowest BCUT2D eigenvalue weighted by Gasteiger charge is -2.14. The molecule has 1 aromatic heterocycles. The third-order valence-corrected chi connectivity index (χ3v) is 6.00. The number of halogens is 1. The van der Waals surface area contributed by atoms with Gasteiger partial charge in [-0.15, -0.1) is 5.10 Å². The van der Waals surface area contributed by atoms with Crippen LogP contribution >= 0.6 is 34.4 Å². The molecule has 2 N–H and O–H groups in total. The highest BCUT2D eigenvalue weighted by atomic mass is 127. The Morgan fingerprint density at radius 3 is 2.81 bits per heavy atom. The van der Waals surface area contributed by atoms with E-state index >= 15 is 0 Å². The molecule has 1 heterocycles. The average molecular weight is 562 g/mol. The largest absolute Gasteiger partial charge is 0.493 e. The Morgan fingerprint density at radius 1 is 1.38 bits per heavy atom. The lowest BCUT2D eigenvalue weighted by molar-refractivity contribution is -0.131. The van der Waals surface area contributed by atoms with E-state index in [1.807, 2.05) is 19.1 Å². The first-order chi connectivity index (χ1) is 15.4. The minimum atomic E-state index is -1.08. The molecule has 0 spiro atoms. The maximum absolute atomic E-state index is 11.8. The molecule has 0 fully saturated rings. The summed E-state index contributed by atoms with van der Waals surface area (Å²) in [4.78, 5) is 16.1. The Hall–Kier alpha value is -3.04. The van der Waals surface area contributed by atoms with Crippen molar-refractivity contribution < 1.29 is 19.4 Å². The van der Waals surface area contributed by atoms with Gasteiger partial charge in [0.1, 0.15) is 17.3 Å². The van der Waals surface area contributed by atoms with Gasteiger partial charge >= 0.3 is 5.97 Å². The van der Waals surface area contributed by atoms with Gasteiger partial charge in [0.15, 0.2) is 11.5 Å². The molecule has 8 nitrogen and oxygen atoms in total. The highest BCUT2D eigenvalue weighted by molar-refractivity contribution is 14.1. The molecule has 0 aliphatic carbocycles. The van der Waals surface area contributed by atoms with Crippen molar-refractivity contribution in [2.45, 2.75) is 25.1 Å². The number of aromatic nitrogens is 3. The number of rotatable bonds is 9. The van der Waals surface area contributed by atoms with E-state index in [-0.39, 0.29) is 11.5 Å². The molecule has 0 bridgehead atoms. The number of ether oxygens (including phenoxy) is 2. The molecule has 0 aliphatic heterocycles. The Balaban J connectivity index is 1.86. The molecule has 0 atom stereocenters. The molecular weight excluding hydrogens is 543 g/mol. The number of benzene rings is 2. The summed E-state index contributed by atoms with van der Waals surface area (Å²) in [5, 5.41) is 26.0. The summed E-state index contributed by atoms with van der Waals surface area (Å²) in [6, 6.07) is 12.9. The van der Waals surface area contributed by atoms with E-state index in [0.29, 0.717) is 40.0 Å². The summed E-state index contributed by atoms with van der Waals surface area (Å²) >= 11 is 3.07. The van der Waals surface area contributed by atoms with Crippen molar-refractivity contribution in [1.82, 2.24) is 15.2 Å². The number of aliphatic carboxylic acids is 1. The summed E-state index contributed by atoms with van der Waals surface area (Å²) in [6.07, 6.45) is 2.21. The molecule has 0 saturated heterocycles. The van der Waals surface area contributed by atoms with Crippen molar-refractivity contribution in [3.63, 3.8) is 0 Å². The van der Waals surface area contributed by atoms with Crippen molar-refractivity contribution in [2.75, 3.05) is 7.11 Å². The highest BCUT2D eigenvalue weighted by Gasteiger charge is 2.16. The van der Waals surface area contributed by atoms with Crippen molar-refractivity contribution in [3.8, 4) is 17.6 Å². The number of aromatic amines is 1. The molecule has 0 unspecified atom stereocenters. The van der Waals surface area contributed by atoms with Gasteiger partial charge in [0, 0.05) is 12.0 Å². The van der Waals surface area contributed by atoms with Crippen LogP contribution < -0.4 is 9.47 Å². The predicted molar refractivity (Wildman–Crippen MR) is 128 cm³/mol. The van der Waals surface area contributed by atoms with E-state index in [2.05, 4.69) is 43.8 Å². The zero-order valence-electron chi connectivity index (χ0n) is 17.3. The van der Waals surface area contributed by atoms with E-state index in [1.54, 1.807) is 24.3 Å². The van der Waals surface area contributed by atoms with Crippen LogP contribution in [0.1, 0.15) is 29.4 Å². The van der Waals surface area contributed by atoms with Crippen LogP contribution in [0.25, 0.3) is 6.08 Å². The zero-order chi connectivity index (χ0) is 23.1. The van der Waals surface area contributed by atoms with Gasteiger partial charge in [0.05, 0.1) is 22.3 Å². The Bertz CT molecular complexity index is 1200. The molecular formula is C22H19IN4O4S.